The topological polar surface area (TPSA) is 70.6 Å². The first-order valence-electron chi connectivity index (χ1n) is 5.02. The molecular weight excluding hydrogens is 226 g/mol. The van der Waals surface area contributed by atoms with Gasteiger partial charge in [0.25, 0.3) is 0 Å². The summed E-state index contributed by atoms with van der Waals surface area (Å²) in [5.41, 5.74) is 7.50. The standard InChI is InChI=1S/C11H16ClN3O/c1-7-3-4-9(12)6-10(7)14-8(2)5-11(13)15-16/h3-4,6,8,14,16H,5H2,1-2H3,(H2,13,15). The molecule has 0 aliphatic heterocycles. The quantitative estimate of drug-likeness (QED) is 0.328. The predicted octanol–water partition coefficient (Wildman–Crippen LogP) is 2.59. The van der Waals surface area contributed by atoms with E-state index in [-0.39, 0.29) is 11.9 Å². The van der Waals surface area contributed by atoms with Crippen molar-refractivity contribution in [2.75, 3.05) is 5.32 Å². The number of oxime groups is 1. The Kier molecular flexibility index (Phi) is 4.43. The van der Waals surface area contributed by atoms with Crippen molar-refractivity contribution in [2.45, 2.75) is 26.3 Å². The van der Waals surface area contributed by atoms with Gasteiger partial charge in [-0.2, -0.15) is 0 Å². The van der Waals surface area contributed by atoms with Crippen molar-refractivity contribution < 1.29 is 5.21 Å². The largest absolute Gasteiger partial charge is 0.409 e. The van der Waals surface area contributed by atoms with E-state index < -0.39 is 0 Å². The van der Waals surface area contributed by atoms with Crippen molar-refractivity contribution in [1.29, 1.82) is 0 Å². The van der Waals surface area contributed by atoms with Gasteiger partial charge in [0, 0.05) is 23.2 Å². The number of nitrogens with one attached hydrogen (secondary N) is 1. The Morgan fingerprint density at radius 3 is 2.94 bits per heavy atom. The van der Waals surface area contributed by atoms with Crippen LogP contribution < -0.4 is 11.1 Å². The van der Waals surface area contributed by atoms with E-state index in [1.165, 1.54) is 0 Å². The Bertz CT molecular complexity index is 393. The molecule has 0 amide bonds. The molecule has 0 bridgehead atoms. The number of aryl methyl sites for hydroxylation is 1. The molecule has 0 radical (unpaired) electrons. The Morgan fingerprint density at radius 1 is 1.62 bits per heavy atom. The Balaban J connectivity index is 2.69. The highest BCUT2D eigenvalue weighted by Crippen LogP contribution is 2.21. The Morgan fingerprint density at radius 2 is 2.31 bits per heavy atom. The molecule has 0 spiro atoms. The van der Waals surface area contributed by atoms with Gasteiger partial charge in [0.2, 0.25) is 0 Å². The first-order valence-corrected chi connectivity index (χ1v) is 5.40. The fraction of sp³-hybridized carbons (Fsp3) is 0.364. The summed E-state index contributed by atoms with van der Waals surface area (Å²) in [4.78, 5) is 0. The van der Waals surface area contributed by atoms with E-state index in [1.807, 2.05) is 32.0 Å². The average Bonchev–Trinajstić information content (AvgIpc) is 2.23. The van der Waals surface area contributed by atoms with E-state index in [0.717, 1.165) is 11.3 Å². The molecule has 4 nitrogen and oxygen atoms in total. The summed E-state index contributed by atoms with van der Waals surface area (Å²) >= 11 is 5.90. The molecule has 1 aromatic carbocycles. The van der Waals surface area contributed by atoms with E-state index in [2.05, 4.69) is 10.5 Å². The lowest BCUT2D eigenvalue weighted by atomic mass is 10.1. The SMILES string of the molecule is Cc1ccc(Cl)cc1NC(C)CC(N)=NO. The molecular formula is C11H16ClN3O. The summed E-state index contributed by atoms with van der Waals surface area (Å²) in [6.45, 7) is 3.95. The first kappa shape index (κ1) is 12.6. The van der Waals surface area contributed by atoms with Crippen LogP contribution in [0.5, 0.6) is 0 Å². The third-order valence-corrected chi connectivity index (χ3v) is 2.48. The van der Waals surface area contributed by atoms with Crippen LogP contribution in [0, 0.1) is 6.92 Å². The molecule has 0 aromatic heterocycles. The minimum absolute atomic E-state index is 0.0769. The van der Waals surface area contributed by atoms with Crippen LogP contribution in [0.4, 0.5) is 5.69 Å². The smallest absolute Gasteiger partial charge is 0.141 e. The highest BCUT2D eigenvalue weighted by atomic mass is 35.5. The second-order valence-electron chi connectivity index (χ2n) is 3.80. The van der Waals surface area contributed by atoms with Gasteiger partial charge in [-0.25, -0.2) is 0 Å². The van der Waals surface area contributed by atoms with E-state index >= 15 is 0 Å². The van der Waals surface area contributed by atoms with Gasteiger partial charge in [-0.15, -0.1) is 0 Å². The van der Waals surface area contributed by atoms with Crippen LogP contribution in [0.3, 0.4) is 0 Å². The van der Waals surface area contributed by atoms with Gasteiger partial charge in [-0.05, 0) is 31.5 Å². The summed E-state index contributed by atoms with van der Waals surface area (Å²) in [6.07, 6.45) is 0.475. The van der Waals surface area contributed by atoms with E-state index in [4.69, 9.17) is 22.5 Å². The van der Waals surface area contributed by atoms with E-state index in [0.29, 0.717) is 11.4 Å². The number of nitrogens with zero attached hydrogens (tertiary/aromatic N) is 1. The number of rotatable bonds is 4. The fourth-order valence-electron chi connectivity index (χ4n) is 1.42. The van der Waals surface area contributed by atoms with Crippen molar-refractivity contribution in [2.24, 2.45) is 10.9 Å². The van der Waals surface area contributed by atoms with Crippen molar-refractivity contribution in [3.63, 3.8) is 0 Å². The number of nitrogens with two attached hydrogens (primary N) is 1. The van der Waals surface area contributed by atoms with Crippen LogP contribution in [0.25, 0.3) is 0 Å². The third kappa shape index (κ3) is 3.62. The summed E-state index contributed by atoms with van der Waals surface area (Å²) < 4.78 is 0. The molecule has 1 aromatic rings. The minimum Gasteiger partial charge on any atom is -0.409 e. The lowest BCUT2D eigenvalue weighted by molar-refractivity contribution is 0.316. The molecule has 5 heteroatoms. The molecule has 0 saturated carbocycles. The number of anilines is 1. The zero-order valence-corrected chi connectivity index (χ0v) is 10.1. The maximum absolute atomic E-state index is 8.46. The lowest BCUT2D eigenvalue weighted by Crippen LogP contribution is -2.24. The molecule has 1 atom stereocenters. The number of benzene rings is 1. The summed E-state index contributed by atoms with van der Waals surface area (Å²) in [5, 5.41) is 15.3. The molecule has 0 fully saturated rings. The zero-order chi connectivity index (χ0) is 12.1. The van der Waals surface area contributed by atoms with Crippen LogP contribution in [0.15, 0.2) is 23.4 Å². The Labute approximate surface area is 100 Å². The average molecular weight is 242 g/mol. The van der Waals surface area contributed by atoms with Gasteiger partial charge < -0.3 is 16.3 Å². The first-order chi connectivity index (χ1) is 7.52. The van der Waals surface area contributed by atoms with Crippen LogP contribution in [-0.2, 0) is 0 Å². The van der Waals surface area contributed by atoms with Gasteiger partial charge in [-0.1, -0.05) is 22.8 Å². The van der Waals surface area contributed by atoms with Gasteiger partial charge in [-0.3, -0.25) is 0 Å². The molecule has 1 rings (SSSR count). The second kappa shape index (κ2) is 5.61. The van der Waals surface area contributed by atoms with Crippen molar-refractivity contribution >= 4 is 23.1 Å². The molecule has 0 aliphatic carbocycles. The molecule has 16 heavy (non-hydrogen) atoms. The number of amidine groups is 1. The van der Waals surface area contributed by atoms with Crippen molar-refractivity contribution in [3.8, 4) is 0 Å². The van der Waals surface area contributed by atoms with Crippen LogP contribution in [0.1, 0.15) is 18.9 Å². The third-order valence-electron chi connectivity index (χ3n) is 2.25. The molecule has 88 valence electrons. The minimum atomic E-state index is 0.0769. The van der Waals surface area contributed by atoms with Gasteiger partial charge in [0.1, 0.15) is 5.84 Å². The van der Waals surface area contributed by atoms with E-state index in [9.17, 15) is 0 Å². The van der Waals surface area contributed by atoms with Gasteiger partial charge in [0.15, 0.2) is 0 Å². The van der Waals surface area contributed by atoms with Crippen LogP contribution >= 0.6 is 11.6 Å². The van der Waals surface area contributed by atoms with Crippen LogP contribution in [0.2, 0.25) is 5.02 Å². The highest BCUT2D eigenvalue weighted by molar-refractivity contribution is 6.30. The zero-order valence-electron chi connectivity index (χ0n) is 9.37. The molecule has 1 unspecified atom stereocenters. The van der Waals surface area contributed by atoms with Gasteiger partial charge in [0.05, 0.1) is 0 Å². The second-order valence-corrected chi connectivity index (χ2v) is 4.24. The molecule has 0 heterocycles. The van der Waals surface area contributed by atoms with Gasteiger partial charge >= 0.3 is 0 Å². The normalized spacial score (nSPS) is 13.6. The summed E-state index contributed by atoms with van der Waals surface area (Å²) in [7, 11) is 0. The van der Waals surface area contributed by atoms with Crippen LogP contribution in [-0.4, -0.2) is 17.1 Å². The Hall–Kier alpha value is -1.42. The highest BCUT2D eigenvalue weighted by Gasteiger charge is 2.07. The lowest BCUT2D eigenvalue weighted by Gasteiger charge is -2.16. The summed E-state index contributed by atoms with van der Waals surface area (Å²) in [5.74, 6) is 0.208. The van der Waals surface area contributed by atoms with Crippen molar-refractivity contribution in [3.05, 3.63) is 28.8 Å². The fourth-order valence-corrected chi connectivity index (χ4v) is 1.59. The summed E-state index contributed by atoms with van der Waals surface area (Å²) in [6, 6.07) is 5.73. The number of hydrogen-bond donors (Lipinski definition) is 3. The molecule has 4 N–H and O–H groups in total. The molecule has 0 saturated heterocycles. The molecule has 0 aliphatic rings. The predicted molar refractivity (Wildman–Crippen MR) is 67.3 cm³/mol. The maximum atomic E-state index is 8.46. The van der Waals surface area contributed by atoms with Crippen molar-refractivity contribution in [1.82, 2.24) is 0 Å². The van der Waals surface area contributed by atoms with E-state index in [1.54, 1.807) is 0 Å². The number of halogens is 1. The number of hydrogen-bond acceptors (Lipinski definition) is 3. The monoisotopic (exact) mass is 241 g/mol. The maximum Gasteiger partial charge on any atom is 0.141 e.